The zero-order valence-electron chi connectivity index (χ0n) is 24.2. The molecule has 43 heavy (non-hydrogen) atoms. The zero-order chi connectivity index (χ0) is 29.7. The predicted molar refractivity (Wildman–Crippen MR) is 160 cm³/mol. The molecule has 2 unspecified atom stereocenters. The Bertz CT molecular complexity index is 1810. The Morgan fingerprint density at radius 3 is 2.35 bits per heavy atom. The molecule has 1 N–H and O–H groups in total. The Kier molecular flexibility index (Phi) is 6.53. The van der Waals surface area contributed by atoms with Crippen molar-refractivity contribution >= 4 is 11.3 Å². The summed E-state index contributed by atoms with van der Waals surface area (Å²) < 4.78 is 6.90. The minimum Gasteiger partial charge on any atom is -0.481 e. The molecule has 8 rings (SSSR count). The molecule has 2 bridgehead atoms. The van der Waals surface area contributed by atoms with Crippen molar-refractivity contribution in [1.82, 2.24) is 34.4 Å². The third kappa shape index (κ3) is 4.94. The molecular formula is C32H31N9O2. The quantitative estimate of drug-likeness (QED) is 0.307. The molecular weight excluding hydrogens is 542 g/mol. The summed E-state index contributed by atoms with van der Waals surface area (Å²) in [5.74, 6) is 1.92. The summed E-state index contributed by atoms with van der Waals surface area (Å²) in [7, 11) is 1.63. The number of nitriles is 1. The molecule has 0 spiro atoms. The van der Waals surface area contributed by atoms with Gasteiger partial charge in [0.25, 0.3) is 0 Å². The number of piperidine rings is 1. The number of piperazine rings is 1. The molecule has 0 amide bonds. The molecule has 5 aromatic rings. The van der Waals surface area contributed by atoms with Crippen LogP contribution in [0.5, 0.6) is 5.88 Å². The minimum atomic E-state index is -1.13. The van der Waals surface area contributed by atoms with Crippen molar-refractivity contribution in [3.63, 3.8) is 0 Å². The second-order valence-corrected chi connectivity index (χ2v) is 11.7. The summed E-state index contributed by atoms with van der Waals surface area (Å²) in [5, 5.41) is 24.5. The number of aliphatic hydroxyl groups is 1. The predicted octanol–water partition coefficient (Wildman–Crippen LogP) is 3.82. The molecule has 3 saturated heterocycles. The van der Waals surface area contributed by atoms with Gasteiger partial charge in [-0.2, -0.15) is 10.4 Å². The minimum absolute atomic E-state index is 0.347. The van der Waals surface area contributed by atoms with Crippen molar-refractivity contribution in [2.75, 3.05) is 25.1 Å². The number of aromatic nitrogens is 6. The van der Waals surface area contributed by atoms with Crippen LogP contribution in [0.15, 0.2) is 67.5 Å². The highest BCUT2D eigenvalue weighted by Gasteiger charge is 2.44. The van der Waals surface area contributed by atoms with Gasteiger partial charge in [-0.15, -0.1) is 0 Å². The lowest BCUT2D eigenvalue weighted by Crippen LogP contribution is -2.68. The summed E-state index contributed by atoms with van der Waals surface area (Å²) in [6.07, 6.45) is 11.8. The first-order chi connectivity index (χ1) is 20.8. The Hall–Kier alpha value is -4.92. The Morgan fingerprint density at radius 2 is 1.72 bits per heavy atom. The van der Waals surface area contributed by atoms with Crippen molar-refractivity contribution < 1.29 is 9.84 Å². The van der Waals surface area contributed by atoms with E-state index in [0.717, 1.165) is 53.2 Å². The van der Waals surface area contributed by atoms with Gasteiger partial charge in [0.05, 0.1) is 24.4 Å². The standard InChI is InChI=1S/C32H31N9O2/c1-32(2,42)31-36-13-24(14-37-31)22-8-27(30-23(10-33)15-38-41(30)17-22)21-5-6-28(34-12-21)39-18-25-9-26(19-39)40(25)16-20-4-7-29(43-3)35-11-20/h4-8,11-15,17,25-26,42H,9,16,18-19H2,1-3H3. The first-order valence-electron chi connectivity index (χ1n) is 14.2. The molecule has 0 aliphatic carbocycles. The fourth-order valence-corrected chi connectivity index (χ4v) is 6.08. The summed E-state index contributed by atoms with van der Waals surface area (Å²) in [6.45, 7) is 6.04. The summed E-state index contributed by atoms with van der Waals surface area (Å²) >= 11 is 0. The topological polar surface area (TPSA) is 129 Å². The van der Waals surface area contributed by atoms with Gasteiger partial charge >= 0.3 is 0 Å². The molecule has 3 aliphatic heterocycles. The van der Waals surface area contributed by atoms with E-state index in [4.69, 9.17) is 9.72 Å². The van der Waals surface area contributed by atoms with Crippen LogP contribution in [-0.2, 0) is 12.1 Å². The number of anilines is 1. The third-order valence-corrected chi connectivity index (χ3v) is 8.36. The van der Waals surface area contributed by atoms with E-state index in [0.29, 0.717) is 29.4 Å². The lowest BCUT2D eigenvalue weighted by Gasteiger charge is -2.56. The Labute approximate surface area is 249 Å². The van der Waals surface area contributed by atoms with Crippen LogP contribution in [0.3, 0.4) is 0 Å². The molecule has 11 nitrogen and oxygen atoms in total. The fraction of sp³-hybridized carbons (Fsp3) is 0.312. The van der Waals surface area contributed by atoms with E-state index in [1.54, 1.807) is 44.1 Å². The van der Waals surface area contributed by atoms with Gasteiger partial charge in [0.15, 0.2) is 5.82 Å². The lowest BCUT2D eigenvalue weighted by molar-refractivity contribution is -0.00876. The van der Waals surface area contributed by atoms with Crippen molar-refractivity contribution in [3.8, 4) is 34.2 Å². The van der Waals surface area contributed by atoms with Gasteiger partial charge in [0.1, 0.15) is 17.5 Å². The molecule has 0 saturated carbocycles. The second-order valence-electron chi connectivity index (χ2n) is 11.7. The molecule has 0 aromatic carbocycles. The largest absolute Gasteiger partial charge is 0.481 e. The van der Waals surface area contributed by atoms with Crippen molar-refractivity contribution in [2.24, 2.45) is 0 Å². The number of pyridine rings is 3. The number of hydrogen-bond acceptors (Lipinski definition) is 10. The number of nitrogens with zero attached hydrogens (tertiary/aromatic N) is 9. The zero-order valence-corrected chi connectivity index (χ0v) is 24.2. The van der Waals surface area contributed by atoms with E-state index in [1.807, 2.05) is 30.7 Å². The molecule has 8 heterocycles. The first-order valence-corrected chi connectivity index (χ1v) is 14.2. The van der Waals surface area contributed by atoms with Gasteiger partial charge in [0.2, 0.25) is 5.88 Å². The van der Waals surface area contributed by atoms with E-state index in [2.05, 4.69) is 54.1 Å². The van der Waals surface area contributed by atoms with E-state index >= 15 is 0 Å². The number of methoxy groups -OCH3 is 1. The van der Waals surface area contributed by atoms with Crippen LogP contribution in [0.2, 0.25) is 0 Å². The third-order valence-electron chi connectivity index (χ3n) is 8.36. The van der Waals surface area contributed by atoms with E-state index in [9.17, 15) is 10.4 Å². The van der Waals surface area contributed by atoms with Gasteiger partial charge < -0.3 is 14.7 Å². The maximum Gasteiger partial charge on any atom is 0.212 e. The van der Waals surface area contributed by atoms with Crippen LogP contribution in [0.4, 0.5) is 5.82 Å². The van der Waals surface area contributed by atoms with Gasteiger partial charge in [-0.1, -0.05) is 6.07 Å². The number of rotatable bonds is 7. The molecule has 11 heteroatoms. The maximum atomic E-state index is 10.2. The van der Waals surface area contributed by atoms with E-state index in [1.165, 1.54) is 12.0 Å². The average molecular weight is 574 g/mol. The van der Waals surface area contributed by atoms with Crippen LogP contribution < -0.4 is 9.64 Å². The van der Waals surface area contributed by atoms with Crippen LogP contribution in [-0.4, -0.2) is 71.8 Å². The van der Waals surface area contributed by atoms with Crippen molar-refractivity contribution in [2.45, 2.75) is 44.5 Å². The Morgan fingerprint density at radius 1 is 0.953 bits per heavy atom. The van der Waals surface area contributed by atoms with Crippen LogP contribution >= 0.6 is 0 Å². The van der Waals surface area contributed by atoms with Gasteiger partial charge in [-0.25, -0.2) is 24.5 Å². The first kappa shape index (κ1) is 26.9. The molecule has 3 fully saturated rings. The summed E-state index contributed by atoms with van der Waals surface area (Å²) in [6, 6.07) is 13.4. The van der Waals surface area contributed by atoms with Gasteiger partial charge in [0, 0.05) is 91.0 Å². The van der Waals surface area contributed by atoms with Crippen LogP contribution in [0, 0.1) is 11.3 Å². The number of hydrogen-bond donors (Lipinski definition) is 1. The van der Waals surface area contributed by atoms with Crippen molar-refractivity contribution in [3.05, 3.63) is 84.5 Å². The highest BCUT2D eigenvalue weighted by molar-refractivity contribution is 5.87. The smallest absolute Gasteiger partial charge is 0.212 e. The lowest BCUT2D eigenvalue weighted by atomic mass is 9.87. The molecule has 216 valence electrons. The Balaban J connectivity index is 1.13. The molecule has 0 radical (unpaired) electrons. The second kappa shape index (κ2) is 10.4. The van der Waals surface area contributed by atoms with Gasteiger partial charge in [-0.3, -0.25) is 4.90 Å². The molecule has 5 aromatic heterocycles. The average Bonchev–Trinajstić information content (AvgIpc) is 3.46. The normalized spacial score (nSPS) is 18.3. The van der Waals surface area contributed by atoms with Crippen LogP contribution in [0.1, 0.15) is 37.2 Å². The number of ether oxygens (including phenoxy) is 1. The van der Waals surface area contributed by atoms with Crippen LogP contribution in [0.25, 0.3) is 27.8 Å². The highest BCUT2D eigenvalue weighted by atomic mass is 16.5. The highest BCUT2D eigenvalue weighted by Crippen LogP contribution is 2.37. The SMILES string of the molecule is COc1ccc(CN2C3CC2CN(c2ccc(-c4cc(-c5cnc(C(C)(C)O)nc5)cn5ncc(C#N)c45)cn2)C3)cn1. The number of fused-ring (bicyclic) bond motifs is 3. The maximum absolute atomic E-state index is 10.2. The molecule has 3 aliphatic rings. The monoisotopic (exact) mass is 573 g/mol. The van der Waals surface area contributed by atoms with Gasteiger partial charge in [-0.05, 0) is 44.0 Å². The fourth-order valence-electron chi connectivity index (χ4n) is 6.08. The summed E-state index contributed by atoms with van der Waals surface area (Å²) in [5.41, 5.74) is 4.61. The van der Waals surface area contributed by atoms with Crippen molar-refractivity contribution in [1.29, 1.82) is 5.26 Å². The van der Waals surface area contributed by atoms with E-state index < -0.39 is 5.60 Å². The summed E-state index contributed by atoms with van der Waals surface area (Å²) in [4.78, 5) is 22.9. The van der Waals surface area contributed by atoms with E-state index in [-0.39, 0.29) is 0 Å². The molecule has 2 atom stereocenters.